The number of carbonyl (C=O) groups is 1. The van der Waals surface area contributed by atoms with E-state index in [9.17, 15) is 43.5 Å². The molecule has 0 aromatic heterocycles. The van der Waals surface area contributed by atoms with Gasteiger partial charge in [0.1, 0.15) is 43.9 Å². The second-order valence-corrected chi connectivity index (χ2v) is 8.56. The fraction of sp³-hybridized carbons (Fsp3) is 0.400. The molecule has 0 bridgehead atoms. The van der Waals surface area contributed by atoms with Crippen molar-refractivity contribution in [1.29, 1.82) is 0 Å². The summed E-state index contributed by atoms with van der Waals surface area (Å²) in [6.07, 6.45) is -13.6. The van der Waals surface area contributed by atoms with Gasteiger partial charge in [-0.3, -0.25) is 0 Å². The molecule has 0 spiro atoms. The van der Waals surface area contributed by atoms with Crippen molar-refractivity contribution < 1.29 is 62.6 Å². The Balaban J connectivity index is 1.82. The van der Waals surface area contributed by atoms with Crippen molar-refractivity contribution in [2.45, 2.75) is 50.4 Å². The molecule has 1 fully saturated rings. The standard InChI is InChI=1S/C25H27F3N2O10/c1-12(29-38-11-14-5-3-4-6-15(14)19(23(35)36)30-37-2)13-7-8-17(16(9-13)25(26,27)28)39-24-22(34)21(33)20(32)18(10-31)40-24/h3-9,18,20-22,24,31-34H,10-11H2,1-2H3,(H,35,36)/b29-12+,30-19+/t18-,20-,21+,22-,24-/m1/s1. The van der Waals surface area contributed by atoms with E-state index in [0.717, 1.165) is 12.1 Å². The maximum atomic E-state index is 13.9. The summed E-state index contributed by atoms with van der Waals surface area (Å²) in [5.74, 6) is -2.10. The van der Waals surface area contributed by atoms with Crippen molar-refractivity contribution in [1.82, 2.24) is 0 Å². The van der Waals surface area contributed by atoms with Gasteiger partial charge in [-0.25, -0.2) is 4.79 Å². The normalized spacial score (nSPS) is 24.0. The molecule has 1 aliphatic heterocycles. The summed E-state index contributed by atoms with van der Waals surface area (Å²) < 4.78 is 52.0. The molecule has 2 aromatic carbocycles. The molecule has 15 heteroatoms. The fourth-order valence-electron chi connectivity index (χ4n) is 3.79. The van der Waals surface area contributed by atoms with Gasteiger partial charge in [0, 0.05) is 11.1 Å². The number of carboxylic acid groups (broad SMARTS) is 1. The zero-order chi connectivity index (χ0) is 29.6. The maximum Gasteiger partial charge on any atom is 0.419 e. The molecule has 2 aromatic rings. The van der Waals surface area contributed by atoms with E-state index in [1.165, 1.54) is 26.2 Å². The van der Waals surface area contributed by atoms with Crippen LogP contribution in [0.1, 0.15) is 29.2 Å². The Morgan fingerprint density at radius 3 is 2.38 bits per heavy atom. The Kier molecular flexibility index (Phi) is 10.1. The smallest absolute Gasteiger partial charge is 0.419 e. The number of halogens is 3. The number of carboxylic acids is 1. The van der Waals surface area contributed by atoms with E-state index in [1.54, 1.807) is 18.2 Å². The number of aliphatic carboxylic acids is 1. The van der Waals surface area contributed by atoms with Crippen LogP contribution < -0.4 is 4.74 Å². The van der Waals surface area contributed by atoms with Gasteiger partial charge in [-0.2, -0.15) is 13.2 Å². The van der Waals surface area contributed by atoms with Gasteiger partial charge in [0.05, 0.1) is 17.9 Å². The molecule has 1 aliphatic rings. The quantitative estimate of drug-likeness (QED) is 0.206. The van der Waals surface area contributed by atoms with Crippen LogP contribution in [0, 0.1) is 0 Å². The number of aliphatic hydroxyl groups excluding tert-OH is 4. The number of oxime groups is 2. The Labute approximate surface area is 225 Å². The SMILES string of the molecule is CO/N=C(/C(=O)O)c1ccccc1CO/N=C(\C)c1ccc(O[C@@H]2O[C@H](CO)[C@@H](O)[C@H](O)[C@H]2O)c(C(F)(F)F)c1. The molecular weight excluding hydrogens is 545 g/mol. The third-order valence-electron chi connectivity index (χ3n) is 5.87. The van der Waals surface area contributed by atoms with Crippen LogP contribution in [0.4, 0.5) is 13.2 Å². The molecule has 0 radical (unpaired) electrons. The van der Waals surface area contributed by atoms with Gasteiger partial charge in [0.25, 0.3) is 0 Å². The van der Waals surface area contributed by atoms with Crippen LogP contribution in [0.5, 0.6) is 5.75 Å². The largest absolute Gasteiger partial charge is 0.476 e. The number of ether oxygens (including phenoxy) is 2. The molecule has 40 heavy (non-hydrogen) atoms. The lowest BCUT2D eigenvalue weighted by Gasteiger charge is -2.39. The van der Waals surface area contributed by atoms with Gasteiger partial charge in [-0.15, -0.1) is 0 Å². The fourth-order valence-corrected chi connectivity index (χ4v) is 3.79. The molecule has 0 saturated carbocycles. The van der Waals surface area contributed by atoms with Gasteiger partial charge >= 0.3 is 12.1 Å². The highest BCUT2D eigenvalue weighted by Crippen LogP contribution is 2.38. The number of aliphatic hydroxyl groups is 4. The monoisotopic (exact) mass is 572 g/mol. The topological polar surface area (TPSA) is 180 Å². The highest BCUT2D eigenvalue weighted by Gasteiger charge is 2.45. The Morgan fingerprint density at radius 1 is 1.05 bits per heavy atom. The van der Waals surface area contributed by atoms with E-state index in [0.29, 0.717) is 5.56 Å². The summed E-state index contributed by atoms with van der Waals surface area (Å²) in [5.41, 5.74) is -1.05. The van der Waals surface area contributed by atoms with Crippen molar-refractivity contribution in [3.05, 3.63) is 64.7 Å². The summed E-state index contributed by atoms with van der Waals surface area (Å²) in [6, 6.07) is 9.14. The van der Waals surface area contributed by atoms with Crippen LogP contribution in [-0.4, -0.2) is 87.3 Å². The molecule has 1 heterocycles. The third kappa shape index (κ3) is 7.05. The number of nitrogens with zero attached hydrogens (tertiary/aromatic N) is 2. The lowest BCUT2D eigenvalue weighted by molar-refractivity contribution is -0.278. The second kappa shape index (κ2) is 13.1. The highest BCUT2D eigenvalue weighted by molar-refractivity contribution is 6.42. The van der Waals surface area contributed by atoms with Crippen LogP contribution in [0.2, 0.25) is 0 Å². The van der Waals surface area contributed by atoms with Gasteiger partial charge in [0.15, 0.2) is 5.71 Å². The van der Waals surface area contributed by atoms with Gasteiger partial charge < -0.3 is 44.7 Å². The minimum atomic E-state index is -4.92. The predicted molar refractivity (Wildman–Crippen MR) is 130 cm³/mol. The first-order valence-electron chi connectivity index (χ1n) is 11.7. The molecule has 1 saturated heterocycles. The predicted octanol–water partition coefficient (Wildman–Crippen LogP) is 1.26. The molecule has 5 N–H and O–H groups in total. The first kappa shape index (κ1) is 30.8. The van der Waals surface area contributed by atoms with Gasteiger partial charge in [0.2, 0.25) is 6.29 Å². The Hall–Kier alpha value is -3.76. The average Bonchev–Trinajstić information content (AvgIpc) is 2.91. The van der Waals surface area contributed by atoms with E-state index in [4.69, 9.17) is 14.3 Å². The van der Waals surface area contributed by atoms with Crippen LogP contribution in [0.25, 0.3) is 0 Å². The van der Waals surface area contributed by atoms with Crippen LogP contribution in [0.3, 0.4) is 0 Å². The number of rotatable bonds is 10. The molecule has 218 valence electrons. The Morgan fingerprint density at radius 2 is 1.75 bits per heavy atom. The molecular formula is C25H27F3N2O10. The van der Waals surface area contributed by atoms with Gasteiger partial charge in [-0.1, -0.05) is 34.6 Å². The lowest BCUT2D eigenvalue weighted by Crippen LogP contribution is -2.60. The minimum Gasteiger partial charge on any atom is -0.476 e. The van der Waals surface area contributed by atoms with E-state index in [2.05, 4.69) is 15.1 Å². The molecule has 0 amide bonds. The minimum absolute atomic E-state index is 0.00562. The van der Waals surface area contributed by atoms with E-state index >= 15 is 0 Å². The number of hydrogen-bond acceptors (Lipinski definition) is 11. The van der Waals surface area contributed by atoms with E-state index in [-0.39, 0.29) is 29.2 Å². The third-order valence-corrected chi connectivity index (χ3v) is 5.87. The first-order chi connectivity index (χ1) is 18.9. The first-order valence-corrected chi connectivity index (χ1v) is 11.7. The van der Waals surface area contributed by atoms with E-state index in [1.807, 2.05) is 0 Å². The summed E-state index contributed by atoms with van der Waals surface area (Å²) >= 11 is 0. The zero-order valence-electron chi connectivity index (χ0n) is 21.1. The maximum absolute atomic E-state index is 13.9. The number of hydrogen-bond donors (Lipinski definition) is 5. The van der Waals surface area contributed by atoms with Crippen molar-refractivity contribution in [2.24, 2.45) is 10.3 Å². The zero-order valence-corrected chi connectivity index (χ0v) is 21.1. The second-order valence-electron chi connectivity index (χ2n) is 8.56. The van der Waals surface area contributed by atoms with Crippen LogP contribution >= 0.6 is 0 Å². The summed E-state index contributed by atoms with van der Waals surface area (Å²) in [6.45, 7) is 0.356. The van der Waals surface area contributed by atoms with Gasteiger partial charge in [-0.05, 0) is 30.7 Å². The lowest BCUT2D eigenvalue weighted by atomic mass is 9.99. The van der Waals surface area contributed by atoms with Crippen molar-refractivity contribution in [2.75, 3.05) is 13.7 Å². The molecule has 3 rings (SSSR count). The molecule has 5 atom stereocenters. The molecule has 0 unspecified atom stereocenters. The van der Waals surface area contributed by atoms with Crippen molar-refractivity contribution in [3.8, 4) is 5.75 Å². The van der Waals surface area contributed by atoms with Crippen LogP contribution in [0.15, 0.2) is 52.8 Å². The number of benzene rings is 2. The highest BCUT2D eigenvalue weighted by atomic mass is 19.4. The summed E-state index contributed by atoms with van der Waals surface area (Å²) in [5, 5.41) is 55.9. The van der Waals surface area contributed by atoms with E-state index < -0.39 is 60.8 Å². The van der Waals surface area contributed by atoms with Crippen molar-refractivity contribution in [3.63, 3.8) is 0 Å². The number of alkyl halides is 3. The van der Waals surface area contributed by atoms with Crippen LogP contribution in [-0.2, 0) is 32.0 Å². The Bertz CT molecular complexity index is 1250. The summed E-state index contributed by atoms with van der Waals surface area (Å²) in [4.78, 5) is 21.4. The molecule has 0 aliphatic carbocycles. The van der Waals surface area contributed by atoms with Crippen molar-refractivity contribution >= 4 is 17.4 Å². The average molecular weight is 572 g/mol. The summed E-state index contributed by atoms with van der Waals surface area (Å²) in [7, 11) is 1.19. The molecule has 12 nitrogen and oxygen atoms in total.